The Hall–Kier alpha value is -1.22. The summed E-state index contributed by atoms with van der Waals surface area (Å²) < 4.78 is 23.6. The fraction of sp³-hybridized carbons (Fsp3) is 0.400. The molecule has 2 saturated heterocycles. The van der Waals surface area contributed by atoms with E-state index >= 15 is 0 Å². The smallest absolute Gasteiger partial charge is 0.184 e. The van der Waals surface area contributed by atoms with Crippen LogP contribution in [-0.4, -0.2) is 47.8 Å². The van der Waals surface area contributed by atoms with Crippen molar-refractivity contribution in [3.8, 4) is 0 Å². The van der Waals surface area contributed by atoms with Crippen LogP contribution < -0.4 is 0 Å². The van der Waals surface area contributed by atoms with Crippen LogP contribution in [0.1, 0.15) is 23.7 Å². The van der Waals surface area contributed by atoms with Crippen molar-refractivity contribution >= 4 is 23.2 Å². The van der Waals surface area contributed by atoms with Crippen LogP contribution in [0.4, 0.5) is 0 Å². The highest BCUT2D eigenvalue weighted by atomic mass is 35.5. The highest BCUT2D eigenvalue weighted by molar-refractivity contribution is 6.30. The van der Waals surface area contributed by atoms with Crippen LogP contribution >= 0.6 is 23.2 Å². The van der Waals surface area contributed by atoms with Gasteiger partial charge in [-0.2, -0.15) is 0 Å². The normalized spacial score (nSPS) is 33.6. The zero-order valence-corrected chi connectivity index (χ0v) is 16.3. The minimum atomic E-state index is -1.20. The highest BCUT2D eigenvalue weighted by Gasteiger charge is 2.42. The zero-order valence-electron chi connectivity index (χ0n) is 14.8. The summed E-state index contributed by atoms with van der Waals surface area (Å²) in [4.78, 5) is 0. The van der Waals surface area contributed by atoms with Crippen molar-refractivity contribution in [3.63, 3.8) is 0 Å². The van der Waals surface area contributed by atoms with Gasteiger partial charge in [0, 0.05) is 21.2 Å². The standard InChI is InChI=1S/C20H20Cl2O6/c21-13-5-1-3-11(7-13)19-25-9-16-18(24)17(23)15(27-19)10-26-20(28-16)12-4-2-6-14(22)8-12/h1-8,15-20,23-24H,9-10H2/t15-,16+,17-,18-,19?,20?/m1/s1. The Kier molecular flexibility index (Phi) is 6.20. The third-order valence-electron chi connectivity index (χ3n) is 4.77. The molecule has 4 rings (SSSR count). The second-order valence-electron chi connectivity index (χ2n) is 6.77. The van der Waals surface area contributed by atoms with Gasteiger partial charge in [-0.1, -0.05) is 47.5 Å². The molecule has 2 aromatic carbocycles. The van der Waals surface area contributed by atoms with Crippen LogP contribution in [0.25, 0.3) is 0 Å². The second kappa shape index (κ2) is 8.65. The number of benzene rings is 2. The number of fused-ring (bicyclic) bond motifs is 3. The quantitative estimate of drug-likeness (QED) is 0.767. The summed E-state index contributed by atoms with van der Waals surface area (Å²) in [7, 11) is 0. The molecule has 2 N–H and O–H groups in total. The fourth-order valence-corrected chi connectivity index (χ4v) is 3.69. The third-order valence-corrected chi connectivity index (χ3v) is 5.24. The Labute approximate surface area is 172 Å². The second-order valence-corrected chi connectivity index (χ2v) is 7.64. The van der Waals surface area contributed by atoms with Gasteiger partial charge in [0.25, 0.3) is 0 Å². The van der Waals surface area contributed by atoms with E-state index in [9.17, 15) is 10.2 Å². The lowest BCUT2D eigenvalue weighted by atomic mass is 10.0. The molecule has 2 unspecified atom stereocenters. The van der Waals surface area contributed by atoms with Gasteiger partial charge in [0.2, 0.25) is 0 Å². The van der Waals surface area contributed by atoms with E-state index in [1.807, 2.05) is 12.1 Å². The van der Waals surface area contributed by atoms with Gasteiger partial charge < -0.3 is 29.2 Å². The average molecular weight is 427 g/mol. The van der Waals surface area contributed by atoms with Crippen LogP contribution in [-0.2, 0) is 18.9 Å². The minimum Gasteiger partial charge on any atom is -0.387 e. The lowest BCUT2D eigenvalue weighted by molar-refractivity contribution is -0.317. The van der Waals surface area contributed by atoms with E-state index < -0.39 is 37.0 Å². The van der Waals surface area contributed by atoms with Crippen LogP contribution in [0.2, 0.25) is 10.0 Å². The molecule has 8 heteroatoms. The van der Waals surface area contributed by atoms with E-state index in [2.05, 4.69) is 0 Å². The molecule has 0 radical (unpaired) electrons. The molecule has 150 valence electrons. The van der Waals surface area contributed by atoms with Gasteiger partial charge >= 0.3 is 0 Å². The highest BCUT2D eigenvalue weighted by Crippen LogP contribution is 2.33. The molecule has 2 fully saturated rings. The van der Waals surface area contributed by atoms with Gasteiger partial charge in [0.1, 0.15) is 24.4 Å². The Morgan fingerprint density at radius 3 is 1.54 bits per heavy atom. The molecule has 6 atom stereocenters. The number of ether oxygens (including phenoxy) is 4. The molecule has 2 bridgehead atoms. The molecule has 0 aromatic heterocycles. The van der Waals surface area contributed by atoms with E-state index in [1.165, 1.54) is 0 Å². The van der Waals surface area contributed by atoms with E-state index in [0.717, 1.165) is 0 Å². The summed E-state index contributed by atoms with van der Waals surface area (Å²) >= 11 is 12.1. The number of hydrogen-bond donors (Lipinski definition) is 2. The first-order chi connectivity index (χ1) is 13.5. The molecule has 28 heavy (non-hydrogen) atoms. The Morgan fingerprint density at radius 1 is 0.714 bits per heavy atom. The SMILES string of the molecule is O[C@H]1[C@H](O)[C@H]2COC(c3cccc(Cl)c3)O[C@H]1COC(c1cccc(Cl)c1)O2. The third kappa shape index (κ3) is 4.35. The summed E-state index contributed by atoms with van der Waals surface area (Å²) in [6.07, 6.45) is -5.60. The maximum atomic E-state index is 10.6. The van der Waals surface area contributed by atoms with E-state index in [1.54, 1.807) is 36.4 Å². The van der Waals surface area contributed by atoms with Crippen LogP contribution in [0.5, 0.6) is 0 Å². The molecule has 2 heterocycles. The van der Waals surface area contributed by atoms with Crippen molar-refractivity contribution in [1.82, 2.24) is 0 Å². The summed E-state index contributed by atoms with van der Waals surface area (Å²) in [5.74, 6) is 0. The van der Waals surface area contributed by atoms with Crippen molar-refractivity contribution in [1.29, 1.82) is 0 Å². The number of aliphatic hydroxyl groups is 2. The maximum absolute atomic E-state index is 10.6. The molecule has 0 saturated carbocycles. The van der Waals surface area contributed by atoms with Gasteiger partial charge in [0.15, 0.2) is 12.6 Å². The molecule has 2 aliphatic rings. The number of rotatable bonds is 2. The van der Waals surface area contributed by atoms with Crippen LogP contribution in [0.3, 0.4) is 0 Å². The predicted molar refractivity (Wildman–Crippen MR) is 102 cm³/mol. The van der Waals surface area contributed by atoms with Gasteiger partial charge in [-0.15, -0.1) is 0 Å². The summed E-state index contributed by atoms with van der Waals surface area (Å²) in [5, 5.41) is 22.2. The average Bonchev–Trinajstić information content (AvgIpc) is 2.69. The topological polar surface area (TPSA) is 77.4 Å². The van der Waals surface area contributed by atoms with Crippen molar-refractivity contribution in [2.45, 2.75) is 37.0 Å². The number of aliphatic hydroxyl groups excluding tert-OH is 2. The lowest BCUT2D eigenvalue weighted by Gasteiger charge is -2.41. The van der Waals surface area contributed by atoms with Gasteiger partial charge in [-0.3, -0.25) is 0 Å². The van der Waals surface area contributed by atoms with Crippen molar-refractivity contribution in [2.75, 3.05) is 13.2 Å². The molecule has 2 aliphatic heterocycles. The first kappa shape index (κ1) is 20.1. The first-order valence-corrected chi connectivity index (χ1v) is 9.68. The van der Waals surface area contributed by atoms with Crippen molar-refractivity contribution < 1.29 is 29.2 Å². The predicted octanol–water partition coefficient (Wildman–Crippen LogP) is 3.24. The fourth-order valence-electron chi connectivity index (χ4n) is 3.29. The number of halogens is 2. The van der Waals surface area contributed by atoms with E-state index in [4.69, 9.17) is 42.1 Å². The van der Waals surface area contributed by atoms with Crippen molar-refractivity contribution in [2.24, 2.45) is 0 Å². The van der Waals surface area contributed by atoms with Gasteiger partial charge in [0.05, 0.1) is 13.2 Å². The van der Waals surface area contributed by atoms with Crippen molar-refractivity contribution in [3.05, 3.63) is 69.7 Å². The monoisotopic (exact) mass is 426 g/mol. The summed E-state index contributed by atoms with van der Waals surface area (Å²) in [5.41, 5.74) is 1.40. The largest absolute Gasteiger partial charge is 0.387 e. The minimum absolute atomic E-state index is 0.0114. The van der Waals surface area contributed by atoms with E-state index in [0.29, 0.717) is 21.2 Å². The summed E-state index contributed by atoms with van der Waals surface area (Å²) in [6, 6.07) is 14.2. The van der Waals surface area contributed by atoms with Crippen LogP contribution in [0, 0.1) is 0 Å². The molecule has 0 amide bonds. The molecular formula is C20H20Cl2O6. The maximum Gasteiger partial charge on any atom is 0.184 e. The molecule has 0 aliphatic carbocycles. The zero-order chi connectivity index (χ0) is 19.7. The molecule has 2 aromatic rings. The van der Waals surface area contributed by atoms with Crippen LogP contribution in [0.15, 0.2) is 48.5 Å². The van der Waals surface area contributed by atoms with Gasteiger partial charge in [-0.25, -0.2) is 0 Å². The molecular weight excluding hydrogens is 407 g/mol. The lowest BCUT2D eigenvalue weighted by Crippen LogP contribution is -2.54. The Balaban J connectivity index is 1.60. The summed E-state index contributed by atoms with van der Waals surface area (Å²) in [6.45, 7) is -0.0227. The Bertz CT molecular complexity index is 751. The Morgan fingerprint density at radius 2 is 1.14 bits per heavy atom. The number of hydrogen-bond acceptors (Lipinski definition) is 6. The molecule has 0 spiro atoms. The van der Waals surface area contributed by atoms with Gasteiger partial charge in [-0.05, 0) is 24.3 Å². The molecule has 6 nitrogen and oxygen atoms in total. The first-order valence-electron chi connectivity index (χ1n) is 8.92. The van der Waals surface area contributed by atoms with E-state index in [-0.39, 0.29) is 13.2 Å².